The largest absolute Gasteiger partial charge is 0.397 e. The van der Waals surface area contributed by atoms with Gasteiger partial charge < -0.3 is 11.1 Å². The van der Waals surface area contributed by atoms with E-state index in [9.17, 15) is 4.79 Å². The van der Waals surface area contributed by atoms with Crippen LogP contribution in [0.1, 0.15) is 38.5 Å². The number of amides is 1. The molecule has 4 heteroatoms. The van der Waals surface area contributed by atoms with Crippen LogP contribution in [0.2, 0.25) is 5.02 Å². The molecule has 1 amide bonds. The summed E-state index contributed by atoms with van der Waals surface area (Å²) < 4.78 is 0. The topological polar surface area (TPSA) is 55.1 Å². The fourth-order valence-electron chi connectivity index (χ4n) is 2.44. The lowest BCUT2D eigenvalue weighted by molar-refractivity contribution is -0.120. The summed E-state index contributed by atoms with van der Waals surface area (Å²) in [6.45, 7) is 0. The van der Waals surface area contributed by atoms with Crippen LogP contribution in [0, 0.1) is 5.92 Å². The van der Waals surface area contributed by atoms with E-state index in [2.05, 4.69) is 5.32 Å². The highest BCUT2D eigenvalue weighted by Gasteiger charge is 2.21. The fourth-order valence-corrected chi connectivity index (χ4v) is 2.67. The second kappa shape index (κ2) is 6.10. The Hall–Kier alpha value is -1.22. The average Bonchev–Trinajstić information content (AvgIpc) is 2.62. The summed E-state index contributed by atoms with van der Waals surface area (Å²) in [4.78, 5) is 12.2. The SMILES string of the molecule is Nc1cccc(Cl)c1NC(=O)C1CCCCCC1. The van der Waals surface area contributed by atoms with Gasteiger partial charge in [0.05, 0.1) is 16.4 Å². The van der Waals surface area contributed by atoms with Crippen molar-refractivity contribution in [3.63, 3.8) is 0 Å². The number of benzene rings is 1. The molecule has 98 valence electrons. The number of nitrogens with two attached hydrogens (primary N) is 1. The van der Waals surface area contributed by atoms with Gasteiger partial charge in [-0.25, -0.2) is 0 Å². The maximum absolute atomic E-state index is 12.2. The number of nitrogen functional groups attached to an aromatic ring is 1. The quantitative estimate of drug-likeness (QED) is 0.631. The molecule has 2 rings (SSSR count). The smallest absolute Gasteiger partial charge is 0.227 e. The van der Waals surface area contributed by atoms with Gasteiger partial charge in [-0.15, -0.1) is 0 Å². The molecule has 3 nitrogen and oxygen atoms in total. The molecule has 0 atom stereocenters. The normalized spacial score (nSPS) is 17.2. The molecule has 0 unspecified atom stereocenters. The van der Waals surface area contributed by atoms with Crippen molar-refractivity contribution in [1.29, 1.82) is 0 Å². The van der Waals surface area contributed by atoms with Crippen molar-refractivity contribution in [3.8, 4) is 0 Å². The van der Waals surface area contributed by atoms with Gasteiger partial charge in [0.15, 0.2) is 0 Å². The first kappa shape index (κ1) is 13.2. The highest BCUT2D eigenvalue weighted by atomic mass is 35.5. The molecule has 1 aromatic rings. The summed E-state index contributed by atoms with van der Waals surface area (Å²) >= 11 is 6.05. The Morgan fingerprint density at radius 1 is 1.22 bits per heavy atom. The molecular formula is C14H19ClN2O. The number of rotatable bonds is 2. The molecule has 0 saturated heterocycles. The van der Waals surface area contributed by atoms with E-state index in [1.165, 1.54) is 12.8 Å². The maximum Gasteiger partial charge on any atom is 0.227 e. The second-order valence-corrected chi connectivity index (χ2v) is 5.29. The standard InChI is InChI=1S/C14H19ClN2O/c15-11-8-5-9-12(16)13(11)17-14(18)10-6-3-1-2-4-7-10/h5,8-10H,1-4,6-7,16H2,(H,17,18). The van der Waals surface area contributed by atoms with E-state index in [-0.39, 0.29) is 11.8 Å². The van der Waals surface area contributed by atoms with E-state index in [0.717, 1.165) is 25.7 Å². The third kappa shape index (κ3) is 3.16. The van der Waals surface area contributed by atoms with Crippen molar-refractivity contribution < 1.29 is 4.79 Å². The van der Waals surface area contributed by atoms with Crippen LogP contribution in [0.4, 0.5) is 11.4 Å². The summed E-state index contributed by atoms with van der Waals surface area (Å²) in [5.74, 6) is 0.153. The van der Waals surface area contributed by atoms with E-state index in [4.69, 9.17) is 17.3 Å². The van der Waals surface area contributed by atoms with Gasteiger partial charge in [0.25, 0.3) is 0 Å². The van der Waals surface area contributed by atoms with Crippen LogP contribution in [0.25, 0.3) is 0 Å². The molecule has 0 radical (unpaired) electrons. The van der Waals surface area contributed by atoms with Gasteiger partial charge in [-0.3, -0.25) is 4.79 Å². The van der Waals surface area contributed by atoms with Gasteiger partial charge in [0, 0.05) is 5.92 Å². The van der Waals surface area contributed by atoms with E-state index < -0.39 is 0 Å². The highest BCUT2D eigenvalue weighted by molar-refractivity contribution is 6.34. The van der Waals surface area contributed by atoms with Crippen molar-refractivity contribution in [2.75, 3.05) is 11.1 Å². The third-order valence-corrected chi connectivity index (χ3v) is 3.83. The predicted octanol–water partition coefficient (Wildman–Crippen LogP) is 3.83. The molecule has 18 heavy (non-hydrogen) atoms. The number of para-hydroxylation sites is 1. The Balaban J connectivity index is 2.06. The number of carbonyl (C=O) groups excluding carboxylic acids is 1. The minimum atomic E-state index is 0.0525. The molecule has 0 aromatic heterocycles. The summed E-state index contributed by atoms with van der Waals surface area (Å²) in [5.41, 5.74) is 6.90. The van der Waals surface area contributed by atoms with Gasteiger partial charge in [-0.05, 0) is 25.0 Å². The number of nitrogens with one attached hydrogen (secondary N) is 1. The molecule has 0 spiro atoms. The van der Waals surface area contributed by atoms with Gasteiger partial charge in [-0.1, -0.05) is 43.4 Å². The molecule has 0 bridgehead atoms. The zero-order valence-corrected chi connectivity index (χ0v) is 11.2. The molecule has 1 aromatic carbocycles. The summed E-state index contributed by atoms with van der Waals surface area (Å²) in [5, 5.41) is 3.38. The van der Waals surface area contributed by atoms with Gasteiger partial charge in [0.2, 0.25) is 5.91 Å². The van der Waals surface area contributed by atoms with Crippen molar-refractivity contribution >= 4 is 28.9 Å². The minimum Gasteiger partial charge on any atom is -0.397 e. The minimum absolute atomic E-state index is 0.0525. The molecule has 1 aliphatic carbocycles. The third-order valence-electron chi connectivity index (χ3n) is 3.52. The Labute approximate surface area is 113 Å². The van der Waals surface area contributed by atoms with Gasteiger partial charge in [0.1, 0.15) is 0 Å². The lowest BCUT2D eigenvalue weighted by atomic mass is 9.99. The first-order valence-corrected chi connectivity index (χ1v) is 6.91. The van der Waals surface area contributed by atoms with Crippen molar-refractivity contribution in [3.05, 3.63) is 23.2 Å². The number of hydrogen-bond donors (Lipinski definition) is 2. The van der Waals surface area contributed by atoms with E-state index in [0.29, 0.717) is 16.4 Å². The lowest BCUT2D eigenvalue weighted by Gasteiger charge is -2.16. The Morgan fingerprint density at radius 2 is 1.89 bits per heavy atom. The van der Waals surface area contributed by atoms with E-state index in [1.807, 2.05) is 0 Å². The monoisotopic (exact) mass is 266 g/mol. The molecule has 0 heterocycles. The number of hydrogen-bond acceptors (Lipinski definition) is 2. The molecule has 1 fully saturated rings. The van der Waals surface area contributed by atoms with Crippen molar-refractivity contribution in [1.82, 2.24) is 0 Å². The molecular weight excluding hydrogens is 248 g/mol. The Kier molecular flexibility index (Phi) is 4.48. The van der Waals surface area contributed by atoms with E-state index in [1.54, 1.807) is 18.2 Å². The van der Waals surface area contributed by atoms with Crippen LogP contribution in [-0.2, 0) is 4.79 Å². The van der Waals surface area contributed by atoms with E-state index >= 15 is 0 Å². The Bertz CT molecular complexity index is 406. The molecule has 1 aliphatic rings. The summed E-state index contributed by atoms with van der Waals surface area (Å²) in [6.07, 6.45) is 6.68. The molecule has 1 saturated carbocycles. The molecule has 0 aliphatic heterocycles. The number of carbonyl (C=O) groups is 1. The van der Waals surface area contributed by atoms with Crippen molar-refractivity contribution in [2.24, 2.45) is 5.92 Å². The van der Waals surface area contributed by atoms with Crippen LogP contribution in [0.3, 0.4) is 0 Å². The van der Waals surface area contributed by atoms with Crippen LogP contribution in [0.15, 0.2) is 18.2 Å². The second-order valence-electron chi connectivity index (χ2n) is 4.88. The van der Waals surface area contributed by atoms with Gasteiger partial charge >= 0.3 is 0 Å². The maximum atomic E-state index is 12.2. The first-order chi connectivity index (χ1) is 8.68. The van der Waals surface area contributed by atoms with Crippen LogP contribution in [0.5, 0.6) is 0 Å². The van der Waals surface area contributed by atoms with Gasteiger partial charge in [-0.2, -0.15) is 0 Å². The van der Waals surface area contributed by atoms with Crippen LogP contribution < -0.4 is 11.1 Å². The predicted molar refractivity (Wildman–Crippen MR) is 75.7 cm³/mol. The first-order valence-electron chi connectivity index (χ1n) is 6.53. The summed E-state index contributed by atoms with van der Waals surface area (Å²) in [7, 11) is 0. The van der Waals surface area contributed by atoms with Crippen LogP contribution in [-0.4, -0.2) is 5.91 Å². The zero-order valence-electron chi connectivity index (χ0n) is 10.4. The lowest BCUT2D eigenvalue weighted by Crippen LogP contribution is -2.23. The number of anilines is 2. The Morgan fingerprint density at radius 3 is 2.50 bits per heavy atom. The van der Waals surface area contributed by atoms with Crippen molar-refractivity contribution in [2.45, 2.75) is 38.5 Å². The average molecular weight is 267 g/mol. The zero-order chi connectivity index (χ0) is 13.0. The molecule has 3 N–H and O–H groups in total. The highest BCUT2D eigenvalue weighted by Crippen LogP contribution is 2.30. The fraction of sp³-hybridized carbons (Fsp3) is 0.500. The summed E-state index contributed by atoms with van der Waals surface area (Å²) in [6, 6.07) is 5.26. The van der Waals surface area contributed by atoms with Crippen LogP contribution >= 0.6 is 11.6 Å². The number of halogens is 1.